The molecular weight excluding hydrogens is 425 g/mol. The van der Waals surface area contributed by atoms with Crippen LogP contribution in [0.5, 0.6) is 0 Å². The number of unbranched alkanes of at least 4 members (excludes halogenated alkanes) is 1. The number of fused-ring (bicyclic) bond motifs is 1. The molecule has 1 nitrogen and oxygen atoms in total. The average molecular weight is 436 g/mol. The van der Waals surface area contributed by atoms with Gasteiger partial charge < -0.3 is 0 Å². The van der Waals surface area contributed by atoms with E-state index in [0.29, 0.717) is 12.8 Å². The fourth-order valence-corrected chi connectivity index (χ4v) is 6.22. The van der Waals surface area contributed by atoms with Crippen LogP contribution in [0.1, 0.15) is 25.3 Å². The molecule has 0 unspecified atom stereocenters. The van der Waals surface area contributed by atoms with E-state index < -0.39 is 43.8 Å². The fourth-order valence-electron chi connectivity index (χ4n) is 1.95. The van der Waals surface area contributed by atoms with Crippen LogP contribution in [0.25, 0.3) is 0 Å². The van der Waals surface area contributed by atoms with Crippen molar-refractivity contribution in [3.05, 3.63) is 33.4 Å². The summed E-state index contributed by atoms with van der Waals surface area (Å²) in [5, 5.41) is 0. The van der Waals surface area contributed by atoms with Crippen LogP contribution in [0.15, 0.2) is 24.3 Å². The zero-order valence-electron chi connectivity index (χ0n) is 11.3. The Kier molecular flexibility index (Phi) is 4.69. The summed E-state index contributed by atoms with van der Waals surface area (Å²) in [4.78, 5) is 0. The van der Waals surface area contributed by atoms with E-state index in [2.05, 4.69) is 12.9 Å². The van der Waals surface area contributed by atoms with Crippen LogP contribution in [-0.4, -0.2) is 12.4 Å². The molecule has 122 valence electrons. The van der Waals surface area contributed by atoms with Crippen LogP contribution in [0, 0.1) is 13.4 Å². The van der Waals surface area contributed by atoms with Gasteiger partial charge in [-0.25, -0.2) is 0 Å². The van der Waals surface area contributed by atoms with Crippen molar-refractivity contribution < 1.29 is 29.4 Å². The maximum atomic E-state index is 13.3. The summed E-state index contributed by atoms with van der Waals surface area (Å²) in [6.45, 7) is 1.82. The maximum absolute atomic E-state index is 13.3. The van der Waals surface area contributed by atoms with Crippen molar-refractivity contribution in [3.63, 3.8) is 0 Å². The monoisotopic (exact) mass is 436 g/mol. The van der Waals surface area contributed by atoms with Crippen LogP contribution in [-0.2, 0) is 8.67 Å². The van der Waals surface area contributed by atoms with Crippen molar-refractivity contribution in [2.24, 2.45) is 0 Å². The fraction of sp³-hybridized carbons (Fsp3) is 0.429. The second-order valence-corrected chi connectivity index (χ2v) is 8.07. The first-order valence-electron chi connectivity index (χ1n) is 6.26. The Bertz CT molecular complexity index is 596. The van der Waals surface area contributed by atoms with E-state index >= 15 is 0 Å². The van der Waals surface area contributed by atoms with Gasteiger partial charge in [-0.1, -0.05) is 0 Å². The van der Waals surface area contributed by atoms with Gasteiger partial charge >= 0.3 is 131 Å². The van der Waals surface area contributed by atoms with Crippen molar-refractivity contribution in [1.29, 1.82) is 0 Å². The Morgan fingerprint density at radius 1 is 1.09 bits per heavy atom. The van der Waals surface area contributed by atoms with Crippen LogP contribution in [0.2, 0.25) is 0 Å². The summed E-state index contributed by atoms with van der Waals surface area (Å²) in [7, 11) is 0. The number of rotatable bonds is 1. The Morgan fingerprint density at radius 2 is 1.68 bits per heavy atom. The van der Waals surface area contributed by atoms with Gasteiger partial charge in [0.25, 0.3) is 0 Å². The summed E-state index contributed by atoms with van der Waals surface area (Å²) in [6.07, 6.45) is -10.1. The number of hydrogen-bond donors (Lipinski definition) is 0. The third kappa shape index (κ3) is 2.69. The van der Waals surface area contributed by atoms with Gasteiger partial charge in [-0.2, -0.15) is 0 Å². The van der Waals surface area contributed by atoms with E-state index in [1.807, 2.05) is 6.92 Å². The summed E-state index contributed by atoms with van der Waals surface area (Å²) >= 11 is -3.34. The summed E-state index contributed by atoms with van der Waals surface area (Å²) in [5.41, 5.74) is -5.13. The number of hydrogen-bond acceptors (Lipinski definition) is 1. The minimum absolute atomic E-state index is 0.0371. The van der Waals surface area contributed by atoms with Gasteiger partial charge in [-0.05, 0) is 0 Å². The third-order valence-electron chi connectivity index (χ3n) is 2.96. The first kappa shape index (κ1) is 17.4. The van der Waals surface area contributed by atoms with Crippen molar-refractivity contribution in [2.45, 2.75) is 37.7 Å². The van der Waals surface area contributed by atoms with Crippen LogP contribution in [0.3, 0.4) is 0 Å². The molecule has 0 fully saturated rings. The molecule has 1 aliphatic rings. The molecule has 0 bridgehead atoms. The minimum atomic E-state index is -5.60. The normalized spacial score (nSPS) is 18.6. The number of halogens is 7. The van der Waals surface area contributed by atoms with Gasteiger partial charge in [-0.3, -0.25) is 0 Å². The molecule has 1 aliphatic heterocycles. The predicted molar refractivity (Wildman–Crippen MR) is 76.7 cm³/mol. The average Bonchev–Trinajstić information content (AvgIpc) is 2.74. The third-order valence-corrected chi connectivity index (χ3v) is 6.93. The standard InChI is InChI=1S/C14H11F6IO/c1-2-3-6-9-21-11-8-5-4-7-10(11)12(22-21,13(15,16)17)14(18,19)20/h4-5,7-8H,2-3H2,1H3. The molecule has 0 saturated heterocycles. The quantitative estimate of drug-likeness (QED) is 0.326. The van der Waals surface area contributed by atoms with Gasteiger partial charge in [0.05, 0.1) is 0 Å². The van der Waals surface area contributed by atoms with Crippen LogP contribution >= 0.6 is 20.2 Å². The Morgan fingerprint density at radius 3 is 2.23 bits per heavy atom. The molecule has 0 aliphatic carbocycles. The molecule has 1 aromatic carbocycles. The van der Waals surface area contributed by atoms with E-state index in [4.69, 9.17) is 0 Å². The molecule has 0 spiro atoms. The molecule has 8 heteroatoms. The summed E-state index contributed by atoms with van der Waals surface area (Å²) < 4.78 is 86.8. The van der Waals surface area contributed by atoms with Crippen LogP contribution < -0.4 is 0 Å². The van der Waals surface area contributed by atoms with E-state index in [1.54, 1.807) is 0 Å². The van der Waals surface area contributed by atoms with Gasteiger partial charge in [-0.15, -0.1) is 0 Å². The Hall–Kier alpha value is -0.950. The second kappa shape index (κ2) is 5.92. The van der Waals surface area contributed by atoms with E-state index in [-0.39, 0.29) is 3.57 Å². The molecule has 0 atom stereocenters. The predicted octanol–water partition coefficient (Wildman–Crippen LogP) is 5.39. The molecule has 0 amide bonds. The van der Waals surface area contributed by atoms with Gasteiger partial charge in [0.15, 0.2) is 0 Å². The molecule has 1 heterocycles. The molecule has 0 N–H and O–H groups in total. The van der Waals surface area contributed by atoms with E-state index in [9.17, 15) is 26.3 Å². The zero-order valence-corrected chi connectivity index (χ0v) is 13.4. The number of alkyl halides is 6. The molecule has 22 heavy (non-hydrogen) atoms. The summed E-state index contributed by atoms with van der Waals surface area (Å²) in [6, 6.07) is 4.62. The zero-order chi connectivity index (χ0) is 16.6. The van der Waals surface area contributed by atoms with E-state index in [1.165, 1.54) is 12.1 Å². The van der Waals surface area contributed by atoms with Crippen LogP contribution in [0.4, 0.5) is 26.3 Å². The SMILES string of the molecule is CCCC#CI1OC(C(F)(F)F)(C(F)(F)F)c2ccccc21. The van der Waals surface area contributed by atoms with Crippen molar-refractivity contribution in [2.75, 3.05) is 0 Å². The topological polar surface area (TPSA) is 9.23 Å². The molecule has 0 radical (unpaired) electrons. The number of benzene rings is 1. The second-order valence-electron chi connectivity index (χ2n) is 4.50. The van der Waals surface area contributed by atoms with Gasteiger partial charge in [0.2, 0.25) is 0 Å². The van der Waals surface area contributed by atoms with Crippen molar-refractivity contribution >= 4 is 20.2 Å². The summed E-state index contributed by atoms with van der Waals surface area (Å²) in [5.74, 6) is 2.62. The molecule has 1 aromatic rings. The van der Waals surface area contributed by atoms with Crippen molar-refractivity contribution in [1.82, 2.24) is 0 Å². The molecular formula is C14H11F6IO. The van der Waals surface area contributed by atoms with Crippen molar-refractivity contribution in [3.8, 4) is 9.85 Å². The van der Waals surface area contributed by atoms with Gasteiger partial charge in [0, 0.05) is 0 Å². The first-order valence-corrected chi connectivity index (χ1v) is 9.30. The first-order chi connectivity index (χ1) is 10.1. The van der Waals surface area contributed by atoms with Gasteiger partial charge in [0.1, 0.15) is 0 Å². The van der Waals surface area contributed by atoms with E-state index in [0.717, 1.165) is 12.1 Å². The molecule has 0 saturated carbocycles. The molecule has 0 aromatic heterocycles. The Labute approximate surface area is 131 Å². The molecule has 2 rings (SSSR count). The Balaban J connectivity index is 2.62.